The number of piperidine rings is 1. The van der Waals surface area contributed by atoms with Gasteiger partial charge in [0.1, 0.15) is 0 Å². The van der Waals surface area contributed by atoms with E-state index in [-0.39, 0.29) is 12.0 Å². The third-order valence-electron chi connectivity index (χ3n) is 5.08. The van der Waals surface area contributed by atoms with Gasteiger partial charge in [-0.05, 0) is 38.4 Å². The Labute approximate surface area is 144 Å². The molecule has 2 saturated heterocycles. The van der Waals surface area contributed by atoms with Crippen LogP contribution in [0.15, 0.2) is 30.3 Å². The third kappa shape index (κ3) is 4.56. The maximum Gasteiger partial charge on any atom is 0.253 e. The number of carbonyl (C=O) groups excluding carboxylic acids is 1. The van der Waals surface area contributed by atoms with E-state index in [0.717, 1.165) is 64.3 Å². The molecule has 1 unspecified atom stereocenters. The maximum absolute atomic E-state index is 12.5. The minimum atomic E-state index is 0.154. The fraction of sp³-hybridized carbons (Fsp3) is 0.632. The molecule has 0 spiro atoms. The summed E-state index contributed by atoms with van der Waals surface area (Å²) in [5.74, 6) is 0.154. The number of benzene rings is 1. The van der Waals surface area contributed by atoms with Gasteiger partial charge in [-0.2, -0.15) is 0 Å². The van der Waals surface area contributed by atoms with E-state index in [9.17, 15) is 4.79 Å². The van der Waals surface area contributed by atoms with Crippen molar-refractivity contribution in [3.8, 4) is 0 Å². The molecule has 0 N–H and O–H groups in total. The molecule has 2 aliphatic heterocycles. The van der Waals surface area contributed by atoms with Crippen LogP contribution in [0.5, 0.6) is 0 Å². The van der Waals surface area contributed by atoms with E-state index in [2.05, 4.69) is 11.9 Å². The van der Waals surface area contributed by atoms with E-state index in [1.165, 1.54) is 0 Å². The molecule has 0 aliphatic carbocycles. The second kappa shape index (κ2) is 8.60. The summed E-state index contributed by atoms with van der Waals surface area (Å²) in [4.78, 5) is 16.8. The van der Waals surface area contributed by atoms with Crippen molar-refractivity contribution in [1.29, 1.82) is 0 Å². The second-order valence-electron chi connectivity index (χ2n) is 6.73. The summed E-state index contributed by atoms with van der Waals surface area (Å²) in [6.07, 6.45) is 3.36. The molecular formula is C19H28N2O3. The number of carbonyl (C=O) groups is 1. The molecule has 1 aromatic rings. The van der Waals surface area contributed by atoms with Gasteiger partial charge in [0.05, 0.1) is 19.3 Å². The zero-order valence-corrected chi connectivity index (χ0v) is 14.5. The topological polar surface area (TPSA) is 42.0 Å². The number of nitrogens with zero attached hydrogens (tertiary/aromatic N) is 2. The minimum absolute atomic E-state index is 0.154. The quantitative estimate of drug-likeness (QED) is 0.799. The highest BCUT2D eigenvalue weighted by Crippen LogP contribution is 2.18. The van der Waals surface area contributed by atoms with Crippen LogP contribution in [-0.2, 0) is 9.47 Å². The predicted octanol–water partition coefficient (Wildman–Crippen LogP) is 2.03. The molecule has 1 amide bonds. The predicted molar refractivity (Wildman–Crippen MR) is 93.2 cm³/mol. The van der Waals surface area contributed by atoms with Gasteiger partial charge in [-0.1, -0.05) is 18.2 Å². The molecule has 5 heteroatoms. The minimum Gasteiger partial charge on any atom is -0.379 e. The van der Waals surface area contributed by atoms with E-state index in [1.54, 1.807) is 0 Å². The number of rotatable bonds is 6. The number of amides is 1. The van der Waals surface area contributed by atoms with Crippen LogP contribution in [0.3, 0.4) is 0 Å². The van der Waals surface area contributed by atoms with E-state index >= 15 is 0 Å². The summed E-state index contributed by atoms with van der Waals surface area (Å²) in [7, 11) is 2.16. The van der Waals surface area contributed by atoms with Gasteiger partial charge in [0.15, 0.2) is 0 Å². The molecule has 0 aromatic heterocycles. The van der Waals surface area contributed by atoms with Crippen LogP contribution in [0.25, 0.3) is 0 Å². The van der Waals surface area contributed by atoms with Crippen molar-refractivity contribution < 1.29 is 14.3 Å². The molecule has 2 aliphatic rings. The van der Waals surface area contributed by atoms with Crippen LogP contribution >= 0.6 is 0 Å². The number of hydrogen-bond donors (Lipinski definition) is 0. The van der Waals surface area contributed by atoms with Gasteiger partial charge in [0, 0.05) is 37.8 Å². The van der Waals surface area contributed by atoms with Crippen molar-refractivity contribution >= 4 is 5.91 Å². The molecule has 3 rings (SSSR count). The van der Waals surface area contributed by atoms with Crippen LogP contribution in [0.4, 0.5) is 0 Å². The van der Waals surface area contributed by atoms with Gasteiger partial charge in [-0.25, -0.2) is 0 Å². The van der Waals surface area contributed by atoms with Crippen molar-refractivity contribution in [2.45, 2.75) is 31.4 Å². The summed E-state index contributed by atoms with van der Waals surface area (Å²) in [6.45, 7) is 4.93. The summed E-state index contributed by atoms with van der Waals surface area (Å²) in [5, 5.41) is 0. The molecule has 2 fully saturated rings. The van der Waals surface area contributed by atoms with Crippen molar-refractivity contribution in [3.05, 3.63) is 35.9 Å². The van der Waals surface area contributed by atoms with Gasteiger partial charge < -0.3 is 19.3 Å². The summed E-state index contributed by atoms with van der Waals surface area (Å²) in [5.41, 5.74) is 0.788. The number of likely N-dealkylation sites (tertiary alicyclic amines) is 1. The fourth-order valence-electron chi connectivity index (χ4n) is 3.46. The Kier molecular flexibility index (Phi) is 6.24. The van der Waals surface area contributed by atoms with Crippen LogP contribution in [0.2, 0.25) is 0 Å². The molecular weight excluding hydrogens is 304 g/mol. The molecule has 0 saturated carbocycles. The number of likely N-dealkylation sites (N-methyl/N-ethyl adjacent to an activating group) is 1. The van der Waals surface area contributed by atoms with Crippen LogP contribution in [0.1, 0.15) is 29.6 Å². The molecule has 5 nitrogen and oxygen atoms in total. The Bertz CT molecular complexity index is 509. The molecule has 0 bridgehead atoms. The lowest BCUT2D eigenvalue weighted by Gasteiger charge is -2.36. The van der Waals surface area contributed by atoms with E-state index in [1.807, 2.05) is 35.2 Å². The van der Waals surface area contributed by atoms with Crippen LogP contribution in [0, 0.1) is 0 Å². The highest BCUT2D eigenvalue weighted by Gasteiger charge is 2.26. The van der Waals surface area contributed by atoms with Gasteiger partial charge >= 0.3 is 0 Å². The Morgan fingerprint density at radius 3 is 2.67 bits per heavy atom. The summed E-state index contributed by atoms with van der Waals surface area (Å²) >= 11 is 0. The number of ether oxygens (including phenoxy) is 2. The standard InChI is InChI=1S/C19H28N2O3/c1-20(12-14-24-18-9-13-23-15-18)17-7-10-21(11-8-17)19(22)16-5-3-2-4-6-16/h2-6,17-18H,7-15H2,1H3. The highest BCUT2D eigenvalue weighted by atomic mass is 16.5. The smallest absolute Gasteiger partial charge is 0.253 e. The molecule has 24 heavy (non-hydrogen) atoms. The Morgan fingerprint density at radius 1 is 1.25 bits per heavy atom. The molecule has 1 aromatic carbocycles. The third-order valence-corrected chi connectivity index (χ3v) is 5.08. The first-order valence-corrected chi connectivity index (χ1v) is 8.98. The van der Waals surface area contributed by atoms with Crippen LogP contribution in [-0.4, -0.2) is 74.4 Å². The van der Waals surface area contributed by atoms with E-state index in [4.69, 9.17) is 9.47 Å². The van der Waals surface area contributed by atoms with Crippen molar-refractivity contribution in [1.82, 2.24) is 9.80 Å². The number of hydrogen-bond acceptors (Lipinski definition) is 4. The lowest BCUT2D eigenvalue weighted by Crippen LogP contribution is -2.46. The van der Waals surface area contributed by atoms with Gasteiger partial charge in [-0.15, -0.1) is 0 Å². The van der Waals surface area contributed by atoms with Crippen molar-refractivity contribution in [2.24, 2.45) is 0 Å². The van der Waals surface area contributed by atoms with Crippen LogP contribution < -0.4 is 0 Å². The zero-order chi connectivity index (χ0) is 16.8. The molecule has 0 radical (unpaired) electrons. The first kappa shape index (κ1) is 17.4. The van der Waals surface area contributed by atoms with E-state index in [0.29, 0.717) is 6.04 Å². The Hall–Kier alpha value is -1.43. The Morgan fingerprint density at radius 2 is 2.00 bits per heavy atom. The summed E-state index contributed by atoms with van der Waals surface area (Å²) in [6, 6.07) is 10.1. The van der Waals surface area contributed by atoms with Gasteiger partial charge in [0.25, 0.3) is 5.91 Å². The second-order valence-corrected chi connectivity index (χ2v) is 6.73. The SMILES string of the molecule is CN(CCOC1CCOC1)C1CCN(C(=O)c2ccccc2)CC1. The van der Waals surface area contributed by atoms with Gasteiger partial charge in [0.2, 0.25) is 0 Å². The van der Waals surface area contributed by atoms with E-state index < -0.39 is 0 Å². The maximum atomic E-state index is 12.5. The highest BCUT2D eigenvalue weighted by molar-refractivity contribution is 5.94. The zero-order valence-electron chi connectivity index (χ0n) is 14.5. The fourth-order valence-corrected chi connectivity index (χ4v) is 3.46. The summed E-state index contributed by atoms with van der Waals surface area (Å²) < 4.78 is 11.2. The average molecular weight is 332 g/mol. The average Bonchev–Trinajstić information content (AvgIpc) is 3.15. The Balaban J connectivity index is 1.38. The first-order valence-electron chi connectivity index (χ1n) is 8.98. The van der Waals surface area contributed by atoms with Gasteiger partial charge in [-0.3, -0.25) is 4.79 Å². The largest absolute Gasteiger partial charge is 0.379 e. The van der Waals surface area contributed by atoms with Crippen molar-refractivity contribution in [2.75, 3.05) is 46.5 Å². The molecule has 132 valence electrons. The monoisotopic (exact) mass is 332 g/mol. The normalized spacial score (nSPS) is 22.2. The molecule has 2 heterocycles. The van der Waals surface area contributed by atoms with Crippen molar-refractivity contribution in [3.63, 3.8) is 0 Å². The first-order chi connectivity index (χ1) is 11.7. The lowest BCUT2D eigenvalue weighted by molar-refractivity contribution is 0.0218. The lowest BCUT2D eigenvalue weighted by atomic mass is 10.0. The molecule has 1 atom stereocenters.